The maximum atomic E-state index is 12.2. The summed E-state index contributed by atoms with van der Waals surface area (Å²) in [6, 6.07) is 9.91. The Labute approximate surface area is 136 Å². The lowest BCUT2D eigenvalue weighted by Crippen LogP contribution is -2.46. The van der Waals surface area contributed by atoms with Crippen LogP contribution in [0.1, 0.15) is 25.5 Å². The number of piperidine rings is 1. The van der Waals surface area contributed by atoms with E-state index in [1.54, 1.807) is 0 Å². The molecule has 0 aliphatic carbocycles. The molecule has 124 valence electrons. The molecule has 1 aliphatic heterocycles. The number of fused-ring (bicyclic) bond motifs is 1. The van der Waals surface area contributed by atoms with Crippen molar-refractivity contribution >= 4 is 17.0 Å². The van der Waals surface area contributed by atoms with Crippen molar-refractivity contribution in [1.82, 2.24) is 10.2 Å². The molecule has 1 aromatic carbocycles. The van der Waals surface area contributed by atoms with Crippen molar-refractivity contribution in [1.29, 1.82) is 0 Å². The number of amides is 2. The Bertz CT molecular complexity index is 624. The minimum Gasteiger partial charge on any atom is -0.461 e. The van der Waals surface area contributed by atoms with Crippen LogP contribution in [0.4, 0.5) is 4.79 Å². The fourth-order valence-corrected chi connectivity index (χ4v) is 3.15. The van der Waals surface area contributed by atoms with Crippen molar-refractivity contribution < 1.29 is 14.3 Å². The number of rotatable bonds is 4. The van der Waals surface area contributed by atoms with Crippen molar-refractivity contribution in [3.63, 3.8) is 0 Å². The van der Waals surface area contributed by atoms with Crippen LogP contribution in [0.25, 0.3) is 11.0 Å². The molecule has 3 rings (SSSR count). The van der Waals surface area contributed by atoms with E-state index in [9.17, 15) is 9.90 Å². The minimum atomic E-state index is -0.284. The third-order valence-electron chi connectivity index (χ3n) is 4.63. The van der Waals surface area contributed by atoms with Gasteiger partial charge in [-0.25, -0.2) is 4.79 Å². The Morgan fingerprint density at radius 2 is 2.13 bits per heavy atom. The Hall–Kier alpha value is -2.01. The van der Waals surface area contributed by atoms with Gasteiger partial charge in [0, 0.05) is 31.4 Å². The first-order valence-electron chi connectivity index (χ1n) is 8.32. The van der Waals surface area contributed by atoms with Gasteiger partial charge in [-0.1, -0.05) is 18.2 Å². The molecule has 1 fully saturated rings. The average molecular weight is 316 g/mol. The third kappa shape index (κ3) is 3.85. The Morgan fingerprint density at radius 1 is 1.39 bits per heavy atom. The number of urea groups is 1. The number of para-hydroxylation sites is 1. The summed E-state index contributed by atoms with van der Waals surface area (Å²) in [5.74, 6) is 1.20. The standard InChI is InChI=1S/C18H24N2O3/c1-13(21)14-7-10-20(11-8-14)18(22)19-9-6-16-12-15-4-2-3-5-17(15)23-16/h2-5,12-14,21H,6-11H2,1H3,(H,19,22). The minimum absolute atomic E-state index is 0.0230. The number of furan rings is 1. The van der Waals surface area contributed by atoms with Crippen LogP contribution >= 0.6 is 0 Å². The molecule has 2 heterocycles. The normalized spacial score (nSPS) is 17.4. The first-order valence-corrected chi connectivity index (χ1v) is 8.32. The molecule has 23 heavy (non-hydrogen) atoms. The number of carbonyl (C=O) groups excluding carboxylic acids is 1. The van der Waals surface area contributed by atoms with Gasteiger partial charge in [-0.05, 0) is 37.8 Å². The quantitative estimate of drug-likeness (QED) is 0.911. The van der Waals surface area contributed by atoms with Gasteiger partial charge in [0.1, 0.15) is 11.3 Å². The molecule has 5 nitrogen and oxygen atoms in total. The molecule has 1 atom stereocenters. The van der Waals surface area contributed by atoms with E-state index in [1.807, 2.05) is 42.2 Å². The topological polar surface area (TPSA) is 65.7 Å². The predicted octanol–water partition coefficient (Wildman–Crippen LogP) is 2.78. The zero-order valence-corrected chi connectivity index (χ0v) is 13.5. The highest BCUT2D eigenvalue weighted by atomic mass is 16.3. The van der Waals surface area contributed by atoms with E-state index in [1.165, 1.54) is 0 Å². The van der Waals surface area contributed by atoms with E-state index in [4.69, 9.17) is 4.42 Å². The van der Waals surface area contributed by atoms with Crippen LogP contribution in [0.5, 0.6) is 0 Å². The maximum Gasteiger partial charge on any atom is 0.317 e. The van der Waals surface area contributed by atoms with Crippen molar-refractivity contribution in [3.05, 3.63) is 36.1 Å². The molecule has 0 bridgehead atoms. The monoisotopic (exact) mass is 316 g/mol. The van der Waals surface area contributed by atoms with Gasteiger partial charge < -0.3 is 19.7 Å². The number of nitrogens with zero attached hydrogens (tertiary/aromatic N) is 1. The van der Waals surface area contributed by atoms with Crippen LogP contribution in [-0.2, 0) is 6.42 Å². The van der Waals surface area contributed by atoms with E-state index >= 15 is 0 Å². The molecule has 1 unspecified atom stereocenters. The molecule has 2 amide bonds. The zero-order chi connectivity index (χ0) is 16.2. The molecule has 0 spiro atoms. The van der Waals surface area contributed by atoms with Crippen molar-refractivity contribution in [2.45, 2.75) is 32.3 Å². The summed E-state index contributed by atoms with van der Waals surface area (Å²) < 4.78 is 5.74. The van der Waals surface area contributed by atoms with Gasteiger partial charge in [0.2, 0.25) is 0 Å². The highest BCUT2D eigenvalue weighted by Crippen LogP contribution is 2.21. The summed E-state index contributed by atoms with van der Waals surface area (Å²) in [4.78, 5) is 14.0. The van der Waals surface area contributed by atoms with Crippen LogP contribution in [0.2, 0.25) is 0 Å². The number of benzene rings is 1. The third-order valence-corrected chi connectivity index (χ3v) is 4.63. The summed E-state index contributed by atoms with van der Waals surface area (Å²) >= 11 is 0. The number of aliphatic hydroxyl groups is 1. The molecule has 2 aromatic rings. The van der Waals surface area contributed by atoms with Crippen molar-refractivity contribution in [2.75, 3.05) is 19.6 Å². The first kappa shape index (κ1) is 15.9. The molecule has 1 aliphatic rings. The lowest BCUT2D eigenvalue weighted by atomic mass is 9.92. The Morgan fingerprint density at radius 3 is 2.83 bits per heavy atom. The van der Waals surface area contributed by atoms with Gasteiger partial charge in [0.05, 0.1) is 6.10 Å². The summed E-state index contributed by atoms with van der Waals surface area (Å²) in [6.45, 7) is 3.82. The number of hydrogen-bond donors (Lipinski definition) is 2. The first-order chi connectivity index (χ1) is 11.1. The molecule has 0 saturated carbocycles. The van der Waals surface area contributed by atoms with Crippen molar-refractivity contribution in [3.8, 4) is 0 Å². The number of likely N-dealkylation sites (tertiary alicyclic amines) is 1. The second-order valence-electron chi connectivity index (χ2n) is 6.30. The Balaban J connectivity index is 1.44. The van der Waals surface area contributed by atoms with Crippen LogP contribution in [0.15, 0.2) is 34.7 Å². The smallest absolute Gasteiger partial charge is 0.317 e. The maximum absolute atomic E-state index is 12.2. The fourth-order valence-electron chi connectivity index (χ4n) is 3.15. The van der Waals surface area contributed by atoms with Gasteiger partial charge in [-0.15, -0.1) is 0 Å². The van der Waals surface area contributed by atoms with Crippen LogP contribution in [-0.4, -0.2) is 41.8 Å². The van der Waals surface area contributed by atoms with Gasteiger partial charge in [0.25, 0.3) is 0 Å². The van der Waals surface area contributed by atoms with Gasteiger partial charge >= 0.3 is 6.03 Å². The van der Waals surface area contributed by atoms with Crippen LogP contribution < -0.4 is 5.32 Å². The summed E-state index contributed by atoms with van der Waals surface area (Å²) in [5, 5.41) is 13.6. The largest absolute Gasteiger partial charge is 0.461 e. The van der Waals surface area contributed by atoms with E-state index < -0.39 is 0 Å². The molecule has 1 aromatic heterocycles. The van der Waals surface area contributed by atoms with E-state index in [0.717, 1.165) is 29.6 Å². The lowest BCUT2D eigenvalue weighted by molar-refractivity contribution is 0.0798. The second kappa shape index (κ2) is 7.04. The predicted molar refractivity (Wildman–Crippen MR) is 89.3 cm³/mol. The number of aliphatic hydroxyl groups excluding tert-OH is 1. The van der Waals surface area contributed by atoms with Gasteiger partial charge in [-0.2, -0.15) is 0 Å². The molecule has 5 heteroatoms. The van der Waals surface area contributed by atoms with Crippen LogP contribution in [0, 0.1) is 5.92 Å². The van der Waals surface area contributed by atoms with E-state index in [0.29, 0.717) is 32.0 Å². The molecule has 0 radical (unpaired) electrons. The number of nitrogens with one attached hydrogen (secondary N) is 1. The molecular formula is C18H24N2O3. The molecule has 2 N–H and O–H groups in total. The zero-order valence-electron chi connectivity index (χ0n) is 13.5. The highest BCUT2D eigenvalue weighted by Gasteiger charge is 2.25. The van der Waals surface area contributed by atoms with Gasteiger partial charge in [-0.3, -0.25) is 0 Å². The Kier molecular flexibility index (Phi) is 4.86. The van der Waals surface area contributed by atoms with Crippen molar-refractivity contribution in [2.24, 2.45) is 5.92 Å². The SMILES string of the molecule is CC(O)C1CCN(C(=O)NCCc2cc3ccccc3o2)CC1. The molecule has 1 saturated heterocycles. The summed E-state index contributed by atoms with van der Waals surface area (Å²) in [7, 11) is 0. The van der Waals surface area contributed by atoms with E-state index in [2.05, 4.69) is 5.32 Å². The highest BCUT2D eigenvalue weighted by molar-refractivity contribution is 5.77. The summed E-state index contributed by atoms with van der Waals surface area (Å²) in [5.41, 5.74) is 0.883. The van der Waals surface area contributed by atoms with Gasteiger partial charge in [0.15, 0.2) is 0 Å². The molecular weight excluding hydrogens is 292 g/mol. The number of hydrogen-bond acceptors (Lipinski definition) is 3. The lowest BCUT2D eigenvalue weighted by Gasteiger charge is -2.33. The average Bonchev–Trinajstić information content (AvgIpc) is 2.97. The fraction of sp³-hybridized carbons (Fsp3) is 0.500. The summed E-state index contributed by atoms with van der Waals surface area (Å²) in [6.07, 6.45) is 2.14. The van der Waals surface area contributed by atoms with E-state index in [-0.39, 0.29) is 12.1 Å². The number of carbonyl (C=O) groups is 1. The second-order valence-corrected chi connectivity index (χ2v) is 6.30. The van der Waals surface area contributed by atoms with Crippen LogP contribution in [0.3, 0.4) is 0 Å².